The monoisotopic (exact) mass is 1840 g/mol. The highest BCUT2D eigenvalue weighted by Crippen LogP contribution is 2.60. The van der Waals surface area contributed by atoms with Crippen LogP contribution in [0.2, 0.25) is 0 Å². The van der Waals surface area contributed by atoms with Gasteiger partial charge in [0.25, 0.3) is 0 Å². The first-order valence-electron chi connectivity index (χ1n) is 57.6. The standard InChI is InChI=1S/C137H176O/c1-9-17-25-33-41-53-89-134(90-54-42-34-26-18-10-2)125-63-51-49-61-115(125)117-83-75-109(99-127(117)134)69-71-111-79-87-121-119-85-77-107(101-129(119)136(131(121)103-111,93-57-45-37-29-21-13-5)94-58-46-38-30-22-14-6)67-65-105-73-81-113-114-82-74-106(98-124(114)133(138)123(113)97-105)66-68-108-78-86-120-122-88-80-112(104-132(122)137(130(120)102-108,95-59-47-39-31-23-15-7)96-60-48-40-32-24-16-8)72-70-110-76-84-118-116-62-50-52-64-126(116)135(128(118)100-110,91-55-43-35-27-19-11-3)92-56-44-36-28-20-12-4/h49-52,61-88,97-104H,9-48,53-60,89-96H2,1-8H3/b67-65+,68-66+,71-69+,72-70+. The number of ketones is 1. The van der Waals surface area contributed by atoms with E-state index in [1.54, 1.807) is 33.4 Å². The van der Waals surface area contributed by atoms with Gasteiger partial charge in [-0.2, -0.15) is 0 Å². The molecule has 0 bridgehead atoms. The van der Waals surface area contributed by atoms with Crippen molar-refractivity contribution in [1.29, 1.82) is 0 Å². The van der Waals surface area contributed by atoms with E-state index in [-0.39, 0.29) is 27.4 Å². The van der Waals surface area contributed by atoms with Crippen LogP contribution >= 0.6 is 0 Å². The first kappa shape index (κ1) is 103. The Bertz CT molecular complexity index is 5260. The third-order valence-corrected chi connectivity index (χ3v) is 33.8. The summed E-state index contributed by atoms with van der Waals surface area (Å²) in [5.74, 6) is 0.124. The van der Waals surface area contributed by atoms with Gasteiger partial charge in [-0.3, -0.25) is 4.79 Å². The average Bonchev–Trinajstić information content (AvgIpc) is 1.58. The lowest BCUT2D eigenvalue weighted by atomic mass is 9.70. The van der Waals surface area contributed by atoms with E-state index < -0.39 is 0 Å². The van der Waals surface area contributed by atoms with Gasteiger partial charge in [0.1, 0.15) is 0 Å². The smallest absolute Gasteiger partial charge is 0.194 e. The highest BCUT2D eigenvalue weighted by molar-refractivity contribution is 6.22. The van der Waals surface area contributed by atoms with E-state index in [1.807, 2.05) is 0 Å². The zero-order chi connectivity index (χ0) is 95.6. The maximum atomic E-state index is 15.1. The molecule has 0 unspecified atom stereocenters. The summed E-state index contributed by atoms with van der Waals surface area (Å²) in [6, 6.07) is 77.4. The summed E-state index contributed by atoms with van der Waals surface area (Å²) in [5.41, 5.74) is 37.5. The molecule has 0 radical (unpaired) electrons. The second-order valence-electron chi connectivity index (χ2n) is 43.7. The largest absolute Gasteiger partial charge is 0.289 e. The predicted molar refractivity (Wildman–Crippen MR) is 606 cm³/mol. The van der Waals surface area contributed by atoms with Crippen LogP contribution in [0.1, 0.15) is 520 Å². The van der Waals surface area contributed by atoms with Gasteiger partial charge in [-0.25, -0.2) is 0 Å². The van der Waals surface area contributed by atoms with Gasteiger partial charge < -0.3 is 0 Å². The number of fused-ring (bicyclic) bond motifs is 15. The molecular formula is C137H176O. The lowest BCUT2D eigenvalue weighted by Crippen LogP contribution is -2.25. The minimum Gasteiger partial charge on any atom is -0.289 e. The van der Waals surface area contributed by atoms with Crippen LogP contribution in [0.5, 0.6) is 0 Å². The SMILES string of the molecule is CCCCCCCCC1(CCCCCCCC)c2ccccc2-c2ccc(/C=C/c3ccc4c(c3)C(CCCCCCCC)(CCCCCCCC)c3cc(/C=C/c5ccc6c(c5)C(=O)c5cc(/C=C/c7ccc8c(c7)C(CCCCCCCC)(CCCCCCCC)c7cc(/C=C/c9ccc%10c(c9)C(CCCCCCCC)(CCCCCCCC)c9ccccc9-%10)ccc7-8)ccc5-6)ccc3-4)cc21. The van der Waals surface area contributed by atoms with E-state index in [2.05, 4.69) is 298 Å². The fourth-order valence-corrected chi connectivity index (χ4v) is 26.0. The molecule has 0 spiro atoms. The molecule has 0 saturated carbocycles. The van der Waals surface area contributed by atoms with Gasteiger partial charge in [-0.1, -0.05) is 594 Å². The summed E-state index contributed by atoms with van der Waals surface area (Å²) in [6.07, 6.45) is 91.5. The quantitative estimate of drug-likeness (QED) is 0.0274. The van der Waals surface area contributed by atoms with Crippen LogP contribution in [-0.2, 0) is 21.7 Å². The van der Waals surface area contributed by atoms with Crippen molar-refractivity contribution in [2.45, 2.75) is 437 Å². The van der Waals surface area contributed by atoms with Crippen LogP contribution in [0.4, 0.5) is 0 Å². The Kier molecular flexibility index (Phi) is 39.3. The summed E-state index contributed by atoms with van der Waals surface area (Å²) in [4.78, 5) is 15.1. The Morgan fingerprint density at radius 1 is 0.152 bits per heavy atom. The zero-order valence-corrected chi connectivity index (χ0v) is 87.6. The third-order valence-electron chi connectivity index (χ3n) is 33.8. The molecule has 0 aromatic heterocycles. The topological polar surface area (TPSA) is 17.1 Å². The maximum Gasteiger partial charge on any atom is 0.194 e. The van der Waals surface area contributed by atoms with Crippen molar-refractivity contribution in [1.82, 2.24) is 0 Å². The Balaban J connectivity index is 0.688. The van der Waals surface area contributed by atoms with Gasteiger partial charge in [0, 0.05) is 32.8 Å². The molecule has 0 atom stereocenters. The number of rotatable bonds is 64. The molecule has 0 amide bonds. The molecule has 0 heterocycles. The summed E-state index contributed by atoms with van der Waals surface area (Å²) in [7, 11) is 0. The second-order valence-corrected chi connectivity index (χ2v) is 43.7. The number of hydrogen-bond donors (Lipinski definition) is 0. The van der Waals surface area contributed by atoms with Gasteiger partial charge in [0.2, 0.25) is 0 Å². The Morgan fingerprint density at radius 2 is 0.304 bits per heavy atom. The molecule has 138 heavy (non-hydrogen) atoms. The summed E-state index contributed by atoms with van der Waals surface area (Å²) >= 11 is 0. The molecule has 5 aliphatic carbocycles. The number of benzene rings is 10. The van der Waals surface area contributed by atoms with Crippen molar-refractivity contribution >= 4 is 54.4 Å². The highest BCUT2D eigenvalue weighted by Gasteiger charge is 2.47. The first-order valence-corrected chi connectivity index (χ1v) is 57.6. The molecule has 1 nitrogen and oxygen atoms in total. The van der Waals surface area contributed by atoms with Crippen molar-refractivity contribution in [3.63, 3.8) is 0 Å². The Morgan fingerprint density at radius 3 is 0.500 bits per heavy atom. The molecule has 730 valence electrons. The normalized spacial score (nSPS) is 14.5. The van der Waals surface area contributed by atoms with Crippen LogP contribution in [-0.4, -0.2) is 5.78 Å². The van der Waals surface area contributed by atoms with Crippen LogP contribution in [0.3, 0.4) is 0 Å². The third kappa shape index (κ3) is 24.8. The van der Waals surface area contributed by atoms with Gasteiger partial charge >= 0.3 is 0 Å². The fraction of sp³-hybridized carbons (Fsp3) is 0.496. The molecule has 0 aliphatic heterocycles. The van der Waals surface area contributed by atoms with Crippen molar-refractivity contribution in [2.75, 3.05) is 0 Å². The highest BCUT2D eigenvalue weighted by atomic mass is 16.1. The maximum absolute atomic E-state index is 15.1. The lowest BCUT2D eigenvalue weighted by Gasteiger charge is -2.33. The van der Waals surface area contributed by atoms with E-state index in [9.17, 15) is 0 Å². The van der Waals surface area contributed by atoms with E-state index >= 15 is 4.79 Å². The van der Waals surface area contributed by atoms with Crippen LogP contribution in [0.25, 0.3) is 104 Å². The fourth-order valence-electron chi connectivity index (χ4n) is 26.0. The van der Waals surface area contributed by atoms with E-state index in [1.165, 1.54) is 449 Å². The summed E-state index contributed by atoms with van der Waals surface area (Å²) in [6.45, 7) is 18.7. The molecule has 10 aromatic carbocycles. The summed E-state index contributed by atoms with van der Waals surface area (Å²) in [5, 5.41) is 0. The molecule has 15 rings (SSSR count). The van der Waals surface area contributed by atoms with E-state index in [0.717, 1.165) is 33.4 Å². The number of unbranched alkanes of at least 4 members (excludes halogenated alkanes) is 40. The van der Waals surface area contributed by atoms with Gasteiger partial charge in [0.05, 0.1) is 0 Å². The molecule has 1 heteroatoms. The van der Waals surface area contributed by atoms with Crippen molar-refractivity contribution in [2.24, 2.45) is 0 Å². The minimum atomic E-state index is -0.0861. The first-order chi connectivity index (χ1) is 68.0. The van der Waals surface area contributed by atoms with Gasteiger partial charge in [-0.05, 0) is 208 Å². The van der Waals surface area contributed by atoms with Crippen molar-refractivity contribution < 1.29 is 4.79 Å². The number of carbonyl (C=O) groups is 1. The Hall–Kier alpha value is -9.17. The van der Waals surface area contributed by atoms with Gasteiger partial charge in [-0.15, -0.1) is 0 Å². The predicted octanol–water partition coefficient (Wildman–Crippen LogP) is 42.7. The molecule has 0 saturated heterocycles. The van der Waals surface area contributed by atoms with Crippen LogP contribution in [0.15, 0.2) is 194 Å². The van der Waals surface area contributed by atoms with Crippen LogP contribution < -0.4 is 0 Å². The number of hydrogen-bond acceptors (Lipinski definition) is 1. The minimum absolute atomic E-state index is 0.0564. The molecular weight excluding hydrogens is 1660 g/mol. The van der Waals surface area contributed by atoms with Crippen molar-refractivity contribution in [3.8, 4) is 55.6 Å². The Labute approximate surface area is 839 Å². The van der Waals surface area contributed by atoms with Crippen molar-refractivity contribution in [3.05, 3.63) is 294 Å². The number of carbonyl (C=O) groups excluding carboxylic acids is 1. The van der Waals surface area contributed by atoms with E-state index in [4.69, 9.17) is 0 Å². The molecule has 0 N–H and O–H groups in total. The molecule has 5 aliphatic rings. The second kappa shape index (κ2) is 52.5. The molecule has 0 fully saturated rings. The lowest BCUT2D eigenvalue weighted by molar-refractivity contribution is 0.104. The van der Waals surface area contributed by atoms with Gasteiger partial charge in [0.15, 0.2) is 5.78 Å². The van der Waals surface area contributed by atoms with E-state index in [0.29, 0.717) is 0 Å². The average molecular weight is 1840 g/mol. The van der Waals surface area contributed by atoms with Crippen LogP contribution in [0, 0.1) is 0 Å². The summed E-state index contributed by atoms with van der Waals surface area (Å²) < 4.78 is 0. The molecule has 10 aromatic rings. The zero-order valence-electron chi connectivity index (χ0n) is 87.6.